The summed E-state index contributed by atoms with van der Waals surface area (Å²) in [6, 6.07) is 6.57. The second-order valence-corrected chi connectivity index (χ2v) is 8.53. The van der Waals surface area contributed by atoms with Gasteiger partial charge in [-0.15, -0.1) is 0 Å². The van der Waals surface area contributed by atoms with Gasteiger partial charge in [-0.2, -0.15) is 5.10 Å². The van der Waals surface area contributed by atoms with Crippen LogP contribution in [0.3, 0.4) is 0 Å². The molecule has 1 aromatic carbocycles. The summed E-state index contributed by atoms with van der Waals surface area (Å²) in [7, 11) is 1.70. The summed E-state index contributed by atoms with van der Waals surface area (Å²) in [5.74, 6) is 1.23. The molecule has 2 fully saturated rings. The highest BCUT2D eigenvalue weighted by molar-refractivity contribution is 5.86. The summed E-state index contributed by atoms with van der Waals surface area (Å²) < 4.78 is 11.4. The first-order valence-corrected chi connectivity index (χ1v) is 10.4. The third-order valence-electron chi connectivity index (χ3n) is 7.24. The van der Waals surface area contributed by atoms with Crippen molar-refractivity contribution in [3.05, 3.63) is 29.5 Å². The molecule has 2 N–H and O–H groups in total. The van der Waals surface area contributed by atoms with Gasteiger partial charge in [-0.1, -0.05) is 0 Å². The number of hydrogen-bond acceptors (Lipinski definition) is 5. The molecule has 0 bridgehead atoms. The van der Waals surface area contributed by atoms with E-state index in [4.69, 9.17) is 9.47 Å². The van der Waals surface area contributed by atoms with Crippen molar-refractivity contribution < 1.29 is 14.3 Å². The molecule has 1 unspecified atom stereocenters. The fraction of sp³-hybridized carbons (Fsp3) is 0.545. The fourth-order valence-electron chi connectivity index (χ4n) is 5.75. The molecule has 3 aliphatic rings. The van der Waals surface area contributed by atoms with Crippen LogP contribution in [-0.2, 0) is 16.0 Å². The van der Waals surface area contributed by atoms with Crippen molar-refractivity contribution in [3.8, 4) is 5.75 Å². The normalized spacial score (nSPS) is 31.4. The lowest BCUT2D eigenvalue weighted by molar-refractivity contribution is -0.152. The topological polar surface area (TPSA) is 79.0 Å². The minimum Gasteiger partial charge on any atom is -0.497 e. The lowest BCUT2D eigenvalue weighted by Gasteiger charge is -2.51. The van der Waals surface area contributed by atoms with Gasteiger partial charge in [-0.3, -0.25) is 9.69 Å². The number of piperidine rings is 1. The lowest BCUT2D eigenvalue weighted by Crippen LogP contribution is -2.56. The number of aromatic nitrogens is 1. The van der Waals surface area contributed by atoms with E-state index in [1.165, 1.54) is 16.6 Å². The maximum absolute atomic E-state index is 12.6. The number of benzene rings is 1. The molecular weight excluding hydrogens is 368 g/mol. The van der Waals surface area contributed by atoms with Crippen LogP contribution in [0.5, 0.6) is 5.75 Å². The first-order chi connectivity index (χ1) is 14.1. The van der Waals surface area contributed by atoms with Crippen LogP contribution < -0.4 is 10.2 Å². The molecule has 5 rings (SSSR count). The summed E-state index contributed by atoms with van der Waals surface area (Å²) in [5, 5.41) is 4.88. The van der Waals surface area contributed by atoms with E-state index in [9.17, 15) is 4.79 Å². The van der Waals surface area contributed by atoms with E-state index < -0.39 is 0 Å². The molecule has 0 radical (unpaired) electrons. The average molecular weight is 396 g/mol. The van der Waals surface area contributed by atoms with Gasteiger partial charge < -0.3 is 14.5 Å². The number of hydrogen-bond donors (Lipinski definition) is 2. The summed E-state index contributed by atoms with van der Waals surface area (Å²) >= 11 is 0. The molecule has 2 saturated heterocycles. The highest BCUT2D eigenvalue weighted by Crippen LogP contribution is 2.48. The van der Waals surface area contributed by atoms with Crippen molar-refractivity contribution in [1.82, 2.24) is 15.3 Å². The standard InChI is InChI=1S/C22H28N4O3/c1-12-17-10-26-7-6-15-14-5-4-13(28-3)8-19(14)24-21(15)20(26)9-16(17)18(11-29-12)22(27)25-23-2/h4-5,8,12,16-18,20,24H,2,6-7,9-11H2,1,3H3,(H,25,27)/t12-,16-,17+,18?,20-/m0/s1. The predicted octanol–water partition coefficient (Wildman–Crippen LogP) is 2.48. The predicted molar refractivity (Wildman–Crippen MR) is 111 cm³/mol. The van der Waals surface area contributed by atoms with E-state index in [1.54, 1.807) is 7.11 Å². The number of aromatic amines is 1. The Bertz CT molecular complexity index is 955. The van der Waals surface area contributed by atoms with E-state index in [0.717, 1.165) is 37.2 Å². The molecule has 0 aliphatic carbocycles. The second kappa shape index (κ2) is 7.15. The van der Waals surface area contributed by atoms with Gasteiger partial charge in [0.05, 0.1) is 31.8 Å². The number of H-pyrrole nitrogens is 1. The lowest BCUT2D eigenvalue weighted by atomic mass is 9.69. The Balaban J connectivity index is 1.50. The molecule has 1 aromatic heterocycles. The summed E-state index contributed by atoms with van der Waals surface area (Å²) in [5.41, 5.74) is 6.39. The van der Waals surface area contributed by atoms with Crippen LogP contribution in [0.2, 0.25) is 0 Å². The largest absolute Gasteiger partial charge is 0.497 e. The molecule has 0 spiro atoms. The van der Waals surface area contributed by atoms with Gasteiger partial charge in [-0.05, 0) is 43.4 Å². The van der Waals surface area contributed by atoms with Crippen LogP contribution in [0.4, 0.5) is 0 Å². The fourth-order valence-corrected chi connectivity index (χ4v) is 5.75. The van der Waals surface area contributed by atoms with Crippen LogP contribution >= 0.6 is 0 Å². The van der Waals surface area contributed by atoms with Gasteiger partial charge in [0.2, 0.25) is 5.91 Å². The molecule has 3 aliphatic heterocycles. The third-order valence-corrected chi connectivity index (χ3v) is 7.24. The van der Waals surface area contributed by atoms with Crippen LogP contribution in [0.15, 0.2) is 23.3 Å². The van der Waals surface area contributed by atoms with Gasteiger partial charge in [0.15, 0.2) is 0 Å². The number of methoxy groups -OCH3 is 1. The molecule has 29 heavy (non-hydrogen) atoms. The second-order valence-electron chi connectivity index (χ2n) is 8.53. The number of hydrazone groups is 1. The zero-order chi connectivity index (χ0) is 20.1. The number of fused-ring (bicyclic) bond motifs is 6. The van der Waals surface area contributed by atoms with Crippen molar-refractivity contribution in [2.24, 2.45) is 22.9 Å². The number of rotatable bonds is 3. The van der Waals surface area contributed by atoms with Crippen LogP contribution in [0.25, 0.3) is 10.9 Å². The Labute approximate surface area is 170 Å². The highest BCUT2D eigenvalue weighted by Gasteiger charge is 2.49. The van der Waals surface area contributed by atoms with E-state index >= 15 is 0 Å². The van der Waals surface area contributed by atoms with Gasteiger partial charge in [0, 0.05) is 48.4 Å². The number of carbonyl (C=O) groups excluding carboxylic acids is 1. The zero-order valence-electron chi connectivity index (χ0n) is 17.0. The summed E-state index contributed by atoms with van der Waals surface area (Å²) in [4.78, 5) is 18.9. The van der Waals surface area contributed by atoms with Crippen molar-refractivity contribution in [2.45, 2.75) is 31.9 Å². The summed E-state index contributed by atoms with van der Waals surface area (Å²) in [6.07, 6.45) is 2.15. The van der Waals surface area contributed by atoms with Crippen molar-refractivity contribution in [2.75, 3.05) is 26.8 Å². The Morgan fingerprint density at radius 3 is 3.07 bits per heavy atom. The van der Waals surface area contributed by atoms with Crippen molar-refractivity contribution in [1.29, 1.82) is 0 Å². The van der Waals surface area contributed by atoms with Gasteiger partial charge in [-0.25, -0.2) is 5.43 Å². The molecule has 7 nitrogen and oxygen atoms in total. The van der Waals surface area contributed by atoms with E-state index in [2.05, 4.69) is 46.2 Å². The third kappa shape index (κ3) is 2.95. The quantitative estimate of drug-likeness (QED) is 0.617. The molecule has 5 atom stereocenters. The number of carbonyl (C=O) groups is 1. The molecule has 4 heterocycles. The van der Waals surface area contributed by atoms with Gasteiger partial charge in [0.1, 0.15) is 5.75 Å². The maximum Gasteiger partial charge on any atom is 0.245 e. The highest BCUT2D eigenvalue weighted by atomic mass is 16.5. The molecule has 7 heteroatoms. The number of ether oxygens (including phenoxy) is 2. The Morgan fingerprint density at radius 2 is 2.28 bits per heavy atom. The first kappa shape index (κ1) is 18.6. The Kier molecular flexibility index (Phi) is 4.59. The maximum atomic E-state index is 12.6. The van der Waals surface area contributed by atoms with E-state index in [0.29, 0.717) is 18.6 Å². The van der Waals surface area contributed by atoms with Crippen molar-refractivity contribution in [3.63, 3.8) is 0 Å². The molecule has 0 saturated carbocycles. The molecule has 2 aromatic rings. The van der Waals surface area contributed by atoms with E-state index in [1.807, 2.05) is 6.07 Å². The SMILES string of the molecule is C=NNC(=O)C1CO[C@@H](C)[C@H]2CN3CCc4c([nH]c5cc(OC)ccc45)[C@@H]3C[C@H]12. The van der Waals surface area contributed by atoms with E-state index in [-0.39, 0.29) is 23.8 Å². The van der Waals surface area contributed by atoms with Crippen LogP contribution in [-0.4, -0.2) is 55.4 Å². The van der Waals surface area contributed by atoms with Gasteiger partial charge >= 0.3 is 0 Å². The average Bonchev–Trinajstić information content (AvgIpc) is 3.11. The molecule has 1 amide bonds. The number of nitrogens with zero attached hydrogens (tertiary/aromatic N) is 2. The number of nitrogens with one attached hydrogen (secondary N) is 2. The minimum atomic E-state index is -0.182. The Morgan fingerprint density at radius 1 is 1.41 bits per heavy atom. The molecule has 154 valence electrons. The number of amides is 1. The summed E-state index contributed by atoms with van der Waals surface area (Å²) in [6.45, 7) is 7.99. The Hall–Kier alpha value is -2.38. The monoisotopic (exact) mass is 396 g/mol. The minimum absolute atomic E-state index is 0.0761. The van der Waals surface area contributed by atoms with Crippen LogP contribution in [0.1, 0.15) is 30.6 Å². The zero-order valence-corrected chi connectivity index (χ0v) is 17.0. The van der Waals surface area contributed by atoms with Gasteiger partial charge in [0.25, 0.3) is 0 Å². The van der Waals surface area contributed by atoms with Crippen LogP contribution in [0, 0.1) is 17.8 Å². The first-order valence-electron chi connectivity index (χ1n) is 10.4. The van der Waals surface area contributed by atoms with Crippen molar-refractivity contribution >= 4 is 23.5 Å². The smallest absolute Gasteiger partial charge is 0.245 e. The molecular formula is C22H28N4O3.